The molecule has 1 saturated carbocycles. The van der Waals surface area contributed by atoms with Crippen molar-refractivity contribution in [2.75, 3.05) is 13.1 Å². The van der Waals surface area contributed by atoms with Gasteiger partial charge in [-0.3, -0.25) is 4.79 Å². The molecule has 2 rings (SSSR count). The predicted octanol–water partition coefficient (Wildman–Crippen LogP) is 1.51. The number of hydrogen-bond acceptors (Lipinski definition) is 3. The summed E-state index contributed by atoms with van der Waals surface area (Å²) in [5, 5.41) is 10.1. The van der Waals surface area contributed by atoms with Gasteiger partial charge in [-0.15, -0.1) is 0 Å². The first-order chi connectivity index (χ1) is 8.89. The number of carbonyl (C=O) groups is 1. The van der Waals surface area contributed by atoms with Gasteiger partial charge in [-0.1, -0.05) is 6.92 Å². The van der Waals surface area contributed by atoms with Crippen LogP contribution in [0.2, 0.25) is 0 Å². The fourth-order valence-electron chi connectivity index (χ4n) is 3.32. The number of nitrogens with zero attached hydrogens (tertiary/aromatic N) is 1. The highest BCUT2D eigenvalue weighted by molar-refractivity contribution is 5.79. The van der Waals surface area contributed by atoms with Gasteiger partial charge in [-0.2, -0.15) is 0 Å². The van der Waals surface area contributed by atoms with E-state index in [9.17, 15) is 9.90 Å². The molecule has 1 aliphatic carbocycles. The second-order valence-electron chi connectivity index (χ2n) is 6.83. The third-order valence-corrected chi connectivity index (χ3v) is 4.98. The van der Waals surface area contributed by atoms with Crippen LogP contribution >= 0.6 is 0 Å². The lowest BCUT2D eigenvalue weighted by Crippen LogP contribution is -2.43. The van der Waals surface area contributed by atoms with Crippen molar-refractivity contribution in [2.45, 2.75) is 64.0 Å². The molecule has 4 unspecified atom stereocenters. The van der Waals surface area contributed by atoms with Crippen LogP contribution in [0.3, 0.4) is 0 Å². The summed E-state index contributed by atoms with van der Waals surface area (Å²) in [4.78, 5) is 14.5. The Morgan fingerprint density at radius 3 is 2.74 bits per heavy atom. The molecule has 0 radical (unpaired) electrons. The van der Waals surface area contributed by atoms with Crippen molar-refractivity contribution in [3.63, 3.8) is 0 Å². The molecule has 0 aromatic carbocycles. The first-order valence-corrected chi connectivity index (χ1v) is 7.66. The molecule has 3 N–H and O–H groups in total. The summed E-state index contributed by atoms with van der Waals surface area (Å²) in [5.41, 5.74) is 5.49. The van der Waals surface area contributed by atoms with E-state index in [1.807, 2.05) is 11.8 Å². The van der Waals surface area contributed by atoms with Gasteiger partial charge in [0, 0.05) is 25.0 Å². The number of aliphatic hydroxyl groups is 1. The summed E-state index contributed by atoms with van der Waals surface area (Å²) in [5.74, 6) is 0.906. The molecule has 4 heteroatoms. The highest BCUT2D eigenvalue weighted by Gasteiger charge is 2.34. The van der Waals surface area contributed by atoms with Crippen LogP contribution in [0.15, 0.2) is 0 Å². The molecule has 2 aliphatic rings. The maximum Gasteiger partial charge on any atom is 0.225 e. The van der Waals surface area contributed by atoms with Gasteiger partial charge in [0.05, 0.1) is 5.60 Å². The van der Waals surface area contributed by atoms with Crippen molar-refractivity contribution in [3.05, 3.63) is 0 Å². The van der Waals surface area contributed by atoms with E-state index in [0.29, 0.717) is 18.9 Å². The van der Waals surface area contributed by atoms with Crippen LogP contribution in [0.25, 0.3) is 0 Å². The Bertz CT molecular complexity index is 330. The lowest BCUT2D eigenvalue weighted by Gasteiger charge is -2.34. The maximum atomic E-state index is 12.6. The average Bonchev–Trinajstić information content (AvgIpc) is 2.53. The smallest absolute Gasteiger partial charge is 0.225 e. The van der Waals surface area contributed by atoms with E-state index in [4.69, 9.17) is 5.73 Å². The van der Waals surface area contributed by atoms with Gasteiger partial charge in [0.15, 0.2) is 0 Å². The largest absolute Gasteiger partial charge is 0.390 e. The molecule has 0 aromatic heterocycles. The molecule has 2 fully saturated rings. The zero-order valence-electron chi connectivity index (χ0n) is 12.3. The molecular formula is C15H28N2O2. The molecule has 1 amide bonds. The first-order valence-electron chi connectivity index (χ1n) is 7.66. The van der Waals surface area contributed by atoms with Gasteiger partial charge in [0.2, 0.25) is 5.91 Å². The van der Waals surface area contributed by atoms with E-state index >= 15 is 0 Å². The fraction of sp³-hybridized carbons (Fsp3) is 0.933. The molecule has 1 saturated heterocycles. The highest BCUT2D eigenvalue weighted by atomic mass is 16.3. The summed E-state index contributed by atoms with van der Waals surface area (Å²) in [6.07, 6.45) is 5.23. The monoisotopic (exact) mass is 268 g/mol. The molecular weight excluding hydrogens is 240 g/mol. The third-order valence-electron chi connectivity index (χ3n) is 4.98. The Balaban J connectivity index is 1.92. The molecule has 4 nitrogen and oxygen atoms in total. The Morgan fingerprint density at radius 1 is 1.32 bits per heavy atom. The van der Waals surface area contributed by atoms with Crippen molar-refractivity contribution >= 4 is 5.91 Å². The van der Waals surface area contributed by atoms with Gasteiger partial charge in [0.25, 0.3) is 0 Å². The number of amides is 1. The standard InChI is InChI=1S/C15H28N2O2/c1-11-4-5-12(10-13(11)16)14(18)17-8-3-6-15(2,19)7-9-17/h11-13,19H,3-10,16H2,1-2H3. The van der Waals surface area contributed by atoms with E-state index in [0.717, 1.165) is 38.6 Å². The van der Waals surface area contributed by atoms with Crippen LogP contribution in [0.1, 0.15) is 52.4 Å². The molecule has 0 aromatic rings. The van der Waals surface area contributed by atoms with Crippen molar-refractivity contribution in [3.8, 4) is 0 Å². The van der Waals surface area contributed by atoms with Crippen molar-refractivity contribution in [1.82, 2.24) is 4.90 Å². The van der Waals surface area contributed by atoms with Crippen LogP contribution in [0, 0.1) is 11.8 Å². The Hall–Kier alpha value is -0.610. The van der Waals surface area contributed by atoms with Crippen molar-refractivity contribution in [1.29, 1.82) is 0 Å². The van der Waals surface area contributed by atoms with E-state index < -0.39 is 5.60 Å². The number of likely N-dealkylation sites (tertiary alicyclic amines) is 1. The summed E-state index contributed by atoms with van der Waals surface area (Å²) < 4.78 is 0. The molecule has 1 heterocycles. The normalized spacial score (nSPS) is 40.8. The zero-order chi connectivity index (χ0) is 14.0. The predicted molar refractivity (Wildman–Crippen MR) is 75.5 cm³/mol. The van der Waals surface area contributed by atoms with Crippen molar-refractivity contribution in [2.24, 2.45) is 17.6 Å². The Morgan fingerprint density at radius 2 is 2.05 bits per heavy atom. The van der Waals surface area contributed by atoms with Crippen LogP contribution in [0.5, 0.6) is 0 Å². The third kappa shape index (κ3) is 3.69. The Labute approximate surface area is 116 Å². The van der Waals surface area contributed by atoms with E-state index in [1.54, 1.807) is 0 Å². The lowest BCUT2D eigenvalue weighted by atomic mass is 9.79. The second-order valence-corrected chi connectivity index (χ2v) is 6.83. The molecule has 0 bridgehead atoms. The van der Waals surface area contributed by atoms with Crippen LogP contribution in [0.4, 0.5) is 0 Å². The van der Waals surface area contributed by atoms with Crippen LogP contribution < -0.4 is 5.73 Å². The van der Waals surface area contributed by atoms with E-state index in [1.165, 1.54) is 0 Å². The molecule has 19 heavy (non-hydrogen) atoms. The maximum absolute atomic E-state index is 12.6. The summed E-state index contributed by atoms with van der Waals surface area (Å²) in [6.45, 7) is 5.52. The van der Waals surface area contributed by atoms with E-state index in [-0.39, 0.29) is 17.9 Å². The van der Waals surface area contributed by atoms with Gasteiger partial charge >= 0.3 is 0 Å². The zero-order valence-corrected chi connectivity index (χ0v) is 12.3. The lowest BCUT2D eigenvalue weighted by molar-refractivity contribution is -0.137. The topological polar surface area (TPSA) is 66.6 Å². The first kappa shape index (κ1) is 14.8. The average molecular weight is 268 g/mol. The quantitative estimate of drug-likeness (QED) is 0.757. The second kappa shape index (κ2) is 5.80. The van der Waals surface area contributed by atoms with E-state index in [2.05, 4.69) is 6.92 Å². The fourth-order valence-corrected chi connectivity index (χ4v) is 3.32. The van der Waals surface area contributed by atoms with Gasteiger partial charge in [0.1, 0.15) is 0 Å². The van der Waals surface area contributed by atoms with Gasteiger partial charge < -0.3 is 15.7 Å². The number of carbonyl (C=O) groups excluding carboxylic acids is 1. The molecule has 4 atom stereocenters. The minimum absolute atomic E-state index is 0.106. The van der Waals surface area contributed by atoms with Gasteiger partial charge in [-0.05, 0) is 51.4 Å². The highest BCUT2D eigenvalue weighted by Crippen LogP contribution is 2.30. The molecule has 110 valence electrons. The van der Waals surface area contributed by atoms with Gasteiger partial charge in [-0.25, -0.2) is 0 Å². The summed E-state index contributed by atoms with van der Waals surface area (Å²) >= 11 is 0. The SMILES string of the molecule is CC1CCC(C(=O)N2CCCC(C)(O)CC2)CC1N. The minimum Gasteiger partial charge on any atom is -0.390 e. The summed E-state index contributed by atoms with van der Waals surface area (Å²) in [7, 11) is 0. The number of hydrogen-bond donors (Lipinski definition) is 2. The summed E-state index contributed by atoms with van der Waals surface area (Å²) in [6, 6.07) is 0.165. The molecule has 0 spiro atoms. The van der Waals surface area contributed by atoms with Crippen molar-refractivity contribution < 1.29 is 9.90 Å². The molecule has 1 aliphatic heterocycles. The number of rotatable bonds is 1. The Kier molecular flexibility index (Phi) is 4.51. The van der Waals surface area contributed by atoms with Crippen LogP contribution in [-0.4, -0.2) is 40.6 Å². The number of nitrogens with two attached hydrogens (primary N) is 1. The minimum atomic E-state index is -0.605. The van der Waals surface area contributed by atoms with Crippen LogP contribution in [-0.2, 0) is 4.79 Å².